The third kappa shape index (κ3) is 4.93. The minimum absolute atomic E-state index is 0. The molecule has 2 aromatic heterocycles. The van der Waals surface area contributed by atoms with Gasteiger partial charge in [-0.15, -0.1) is 12.4 Å². The number of halogens is 1. The molecule has 0 saturated carbocycles. The Labute approximate surface area is 154 Å². The van der Waals surface area contributed by atoms with Gasteiger partial charge in [0.2, 0.25) is 11.9 Å². The molecule has 9 nitrogen and oxygen atoms in total. The van der Waals surface area contributed by atoms with E-state index in [1.54, 1.807) is 25.9 Å². The largest absolute Gasteiger partial charge is 0.392 e. The Morgan fingerprint density at radius 3 is 2.20 bits per heavy atom. The number of hydrogen-bond donors (Lipinski definition) is 4. The molecule has 25 heavy (non-hydrogen) atoms. The number of nitrogens with zero attached hydrogens (tertiary/aromatic N) is 5. The Hall–Kier alpha value is -2.13. The predicted molar refractivity (Wildman–Crippen MR) is 105 cm³/mol. The van der Waals surface area contributed by atoms with Crippen LogP contribution in [-0.2, 0) is 0 Å². The van der Waals surface area contributed by atoms with Crippen molar-refractivity contribution >= 4 is 47.0 Å². The number of aliphatic hydroxyl groups is 1. The molecule has 0 bridgehead atoms. The maximum Gasteiger partial charge on any atom is 0.227 e. The van der Waals surface area contributed by atoms with Crippen molar-refractivity contribution in [2.24, 2.45) is 0 Å². The van der Waals surface area contributed by atoms with E-state index in [-0.39, 0.29) is 12.4 Å². The van der Waals surface area contributed by atoms with Crippen LogP contribution in [0.5, 0.6) is 0 Å². The molecule has 0 radical (unpaired) electrons. The van der Waals surface area contributed by atoms with Crippen LogP contribution in [-0.4, -0.2) is 65.4 Å². The normalized spacial score (nSPS) is 11.6. The van der Waals surface area contributed by atoms with Gasteiger partial charge in [0.1, 0.15) is 11.0 Å². The second kappa shape index (κ2) is 9.38. The molecular weight excluding hydrogens is 344 g/mol. The highest BCUT2D eigenvalue weighted by atomic mass is 35.5. The second-order valence-corrected chi connectivity index (χ2v) is 5.62. The summed E-state index contributed by atoms with van der Waals surface area (Å²) in [6.07, 6.45) is 0.502. The van der Waals surface area contributed by atoms with Crippen LogP contribution < -0.4 is 20.9 Å². The molecule has 1 atom stereocenters. The van der Waals surface area contributed by atoms with Gasteiger partial charge in [0.15, 0.2) is 11.6 Å². The molecule has 2 rings (SSSR count). The highest BCUT2D eigenvalue weighted by Crippen LogP contribution is 2.27. The number of aliphatic hydroxyl groups excluding tert-OH is 1. The lowest BCUT2D eigenvalue weighted by molar-refractivity contribution is 0.201. The van der Waals surface area contributed by atoms with Crippen molar-refractivity contribution in [3.8, 4) is 0 Å². The molecule has 0 fully saturated rings. The number of hydrogen-bond acceptors (Lipinski definition) is 9. The van der Waals surface area contributed by atoms with E-state index in [9.17, 15) is 5.11 Å². The molecular formula is C15H27ClN8O. The molecule has 0 aromatic carbocycles. The highest BCUT2D eigenvalue weighted by molar-refractivity contribution is 5.94. The van der Waals surface area contributed by atoms with Crippen molar-refractivity contribution in [1.29, 1.82) is 0 Å². The van der Waals surface area contributed by atoms with Crippen LogP contribution in [0.15, 0.2) is 0 Å². The molecule has 0 aliphatic heterocycles. The van der Waals surface area contributed by atoms with Crippen molar-refractivity contribution in [1.82, 2.24) is 19.9 Å². The SMILES string of the molecule is CCCNc1nc(NC)c2nc(N(C)CC(C)O)nc(NC)c2n1.Cl. The van der Waals surface area contributed by atoms with E-state index < -0.39 is 6.10 Å². The number of aromatic nitrogens is 4. The van der Waals surface area contributed by atoms with E-state index >= 15 is 0 Å². The first-order valence-electron chi connectivity index (χ1n) is 8.08. The van der Waals surface area contributed by atoms with Crippen LogP contribution in [0, 0.1) is 0 Å². The second-order valence-electron chi connectivity index (χ2n) is 5.62. The number of fused-ring (bicyclic) bond motifs is 1. The molecule has 2 aromatic rings. The first kappa shape index (κ1) is 20.9. The van der Waals surface area contributed by atoms with Crippen LogP contribution in [0.3, 0.4) is 0 Å². The summed E-state index contributed by atoms with van der Waals surface area (Å²) in [5, 5.41) is 18.9. The number of likely N-dealkylation sites (N-methyl/N-ethyl adjacent to an activating group) is 1. The third-order valence-electron chi connectivity index (χ3n) is 3.42. The van der Waals surface area contributed by atoms with Gasteiger partial charge in [-0.2, -0.15) is 9.97 Å². The summed E-state index contributed by atoms with van der Waals surface area (Å²) in [6, 6.07) is 0. The quantitative estimate of drug-likeness (QED) is 0.550. The van der Waals surface area contributed by atoms with Crippen LogP contribution in [0.1, 0.15) is 20.3 Å². The first-order valence-corrected chi connectivity index (χ1v) is 8.08. The third-order valence-corrected chi connectivity index (χ3v) is 3.42. The smallest absolute Gasteiger partial charge is 0.227 e. The molecule has 0 aliphatic rings. The molecule has 0 amide bonds. The van der Waals surface area contributed by atoms with Crippen LogP contribution in [0.4, 0.5) is 23.5 Å². The van der Waals surface area contributed by atoms with Crippen LogP contribution in [0.2, 0.25) is 0 Å². The van der Waals surface area contributed by atoms with Gasteiger partial charge in [0.25, 0.3) is 0 Å². The van der Waals surface area contributed by atoms with Gasteiger partial charge in [0.05, 0.1) is 6.10 Å². The van der Waals surface area contributed by atoms with Crippen molar-refractivity contribution < 1.29 is 5.11 Å². The Bertz CT molecular complexity index is 697. The Morgan fingerprint density at radius 2 is 1.64 bits per heavy atom. The molecule has 4 N–H and O–H groups in total. The molecule has 0 spiro atoms. The summed E-state index contributed by atoms with van der Waals surface area (Å²) in [7, 11) is 5.43. The van der Waals surface area contributed by atoms with E-state index in [1.165, 1.54) is 0 Å². The Morgan fingerprint density at radius 1 is 1.04 bits per heavy atom. The number of nitrogens with one attached hydrogen (secondary N) is 3. The maximum absolute atomic E-state index is 9.59. The summed E-state index contributed by atoms with van der Waals surface area (Å²) >= 11 is 0. The molecule has 1 unspecified atom stereocenters. The highest BCUT2D eigenvalue weighted by Gasteiger charge is 2.17. The fourth-order valence-corrected chi connectivity index (χ4v) is 2.32. The van der Waals surface area contributed by atoms with E-state index in [2.05, 4.69) is 42.8 Å². The van der Waals surface area contributed by atoms with Gasteiger partial charge in [-0.3, -0.25) is 0 Å². The van der Waals surface area contributed by atoms with E-state index in [0.29, 0.717) is 41.1 Å². The zero-order valence-electron chi connectivity index (χ0n) is 15.3. The van der Waals surface area contributed by atoms with Crippen molar-refractivity contribution in [3.63, 3.8) is 0 Å². The zero-order chi connectivity index (χ0) is 17.7. The molecule has 140 valence electrons. The maximum atomic E-state index is 9.59. The summed E-state index contributed by atoms with van der Waals surface area (Å²) < 4.78 is 0. The lowest BCUT2D eigenvalue weighted by Gasteiger charge is -2.20. The van der Waals surface area contributed by atoms with Gasteiger partial charge >= 0.3 is 0 Å². The molecule has 0 aliphatic carbocycles. The van der Waals surface area contributed by atoms with Crippen LogP contribution in [0.25, 0.3) is 11.0 Å². The minimum Gasteiger partial charge on any atom is -0.392 e. The number of anilines is 4. The fourth-order valence-electron chi connectivity index (χ4n) is 2.32. The summed E-state index contributed by atoms with van der Waals surface area (Å²) in [6.45, 7) is 5.03. The summed E-state index contributed by atoms with van der Waals surface area (Å²) in [5.74, 6) is 2.29. The van der Waals surface area contributed by atoms with Crippen LogP contribution >= 0.6 is 12.4 Å². The van der Waals surface area contributed by atoms with Gasteiger partial charge in [-0.05, 0) is 13.3 Å². The topological polar surface area (TPSA) is 111 Å². The van der Waals surface area contributed by atoms with E-state index in [0.717, 1.165) is 13.0 Å². The van der Waals surface area contributed by atoms with Crippen molar-refractivity contribution in [2.75, 3.05) is 55.1 Å². The van der Waals surface area contributed by atoms with E-state index in [4.69, 9.17) is 0 Å². The van der Waals surface area contributed by atoms with Crippen molar-refractivity contribution in [3.05, 3.63) is 0 Å². The Kier molecular flexibility index (Phi) is 7.85. The van der Waals surface area contributed by atoms with Gasteiger partial charge in [0, 0.05) is 34.2 Å². The fraction of sp³-hybridized carbons (Fsp3) is 0.600. The molecule has 0 saturated heterocycles. The number of rotatable bonds is 8. The van der Waals surface area contributed by atoms with Crippen molar-refractivity contribution in [2.45, 2.75) is 26.4 Å². The van der Waals surface area contributed by atoms with Gasteiger partial charge in [-0.25, -0.2) is 9.97 Å². The van der Waals surface area contributed by atoms with E-state index in [1.807, 2.05) is 7.05 Å². The average Bonchev–Trinajstić information content (AvgIpc) is 2.57. The lowest BCUT2D eigenvalue weighted by atomic mass is 10.3. The predicted octanol–water partition coefficient (Wildman–Crippen LogP) is 1.56. The summed E-state index contributed by atoms with van der Waals surface area (Å²) in [4.78, 5) is 19.9. The monoisotopic (exact) mass is 370 g/mol. The van der Waals surface area contributed by atoms with Gasteiger partial charge < -0.3 is 26.0 Å². The summed E-state index contributed by atoms with van der Waals surface area (Å²) in [5.41, 5.74) is 1.27. The zero-order valence-corrected chi connectivity index (χ0v) is 16.1. The van der Waals surface area contributed by atoms with Gasteiger partial charge in [-0.1, -0.05) is 6.92 Å². The minimum atomic E-state index is -0.479. The molecule has 10 heteroatoms. The first-order chi connectivity index (χ1) is 11.5. The standard InChI is InChI=1S/C15H26N8O.ClH/c1-6-7-18-14-19-10-11(12(16-3)21-14)20-15(22-13(10)17-4)23(5)8-9(2)24;/h9,24H,6-8H2,1-5H3,(H,17,20,22)(H2,16,18,19,21);1H. The average molecular weight is 371 g/mol. The molecule has 2 heterocycles. The Balaban J connectivity index is 0.00000312. The lowest BCUT2D eigenvalue weighted by Crippen LogP contribution is -2.28.